The van der Waals surface area contributed by atoms with E-state index in [0.717, 1.165) is 5.56 Å². The molecule has 3 aromatic rings. The Kier molecular flexibility index (Phi) is 4.40. The maximum absolute atomic E-state index is 12.1. The molecule has 0 aliphatic rings. The zero-order valence-electron chi connectivity index (χ0n) is 12.5. The molecule has 4 heteroatoms. The van der Waals surface area contributed by atoms with Gasteiger partial charge in [-0.05, 0) is 43.3 Å². The minimum atomic E-state index is -0.0685. The molecule has 0 radical (unpaired) electrons. The van der Waals surface area contributed by atoms with Gasteiger partial charge in [0.05, 0.1) is 0 Å². The molecule has 2 aromatic carbocycles. The molecule has 3 rings (SSSR count). The Balaban J connectivity index is 1.83. The number of allylic oxidation sites excluding steroid dienone is 1. The number of carbonyl (C=O) groups excluding carboxylic acids is 1. The predicted molar refractivity (Wildman–Crippen MR) is 91.5 cm³/mol. The molecule has 0 saturated carbocycles. The lowest BCUT2D eigenvalue weighted by Crippen LogP contribution is -1.93. The van der Waals surface area contributed by atoms with Crippen molar-refractivity contribution in [1.82, 2.24) is 4.98 Å². The van der Waals surface area contributed by atoms with E-state index in [-0.39, 0.29) is 5.78 Å². The molecule has 0 saturated heterocycles. The van der Waals surface area contributed by atoms with Gasteiger partial charge in [0, 0.05) is 16.1 Å². The van der Waals surface area contributed by atoms with E-state index in [2.05, 4.69) is 4.98 Å². The third kappa shape index (κ3) is 3.58. The highest BCUT2D eigenvalue weighted by Gasteiger charge is 2.10. The molecule has 0 spiro atoms. The molecule has 0 bridgehead atoms. The van der Waals surface area contributed by atoms with Crippen LogP contribution in [-0.2, 0) is 0 Å². The van der Waals surface area contributed by atoms with E-state index >= 15 is 0 Å². The van der Waals surface area contributed by atoms with Gasteiger partial charge in [-0.25, -0.2) is 4.98 Å². The van der Waals surface area contributed by atoms with Crippen LogP contribution in [-0.4, -0.2) is 10.8 Å². The first kappa shape index (κ1) is 15.3. The van der Waals surface area contributed by atoms with Crippen molar-refractivity contribution in [2.75, 3.05) is 0 Å². The number of benzene rings is 2. The Bertz CT molecular complexity index is 849. The monoisotopic (exact) mass is 323 g/mol. The van der Waals surface area contributed by atoms with Crippen molar-refractivity contribution >= 4 is 23.5 Å². The first-order valence-electron chi connectivity index (χ1n) is 7.14. The van der Waals surface area contributed by atoms with Crippen LogP contribution < -0.4 is 0 Å². The number of aromatic nitrogens is 1. The number of nitrogens with zero attached hydrogens (tertiary/aromatic N) is 1. The zero-order chi connectivity index (χ0) is 16.2. The zero-order valence-corrected chi connectivity index (χ0v) is 13.2. The molecule has 0 atom stereocenters. The topological polar surface area (TPSA) is 43.1 Å². The number of halogens is 1. The van der Waals surface area contributed by atoms with Crippen LogP contribution in [0, 0.1) is 6.92 Å². The molecule has 114 valence electrons. The summed E-state index contributed by atoms with van der Waals surface area (Å²) >= 11 is 5.88. The summed E-state index contributed by atoms with van der Waals surface area (Å²) in [7, 11) is 0. The number of aryl methyl sites for hydroxylation is 1. The van der Waals surface area contributed by atoms with Gasteiger partial charge in [-0.3, -0.25) is 4.79 Å². The van der Waals surface area contributed by atoms with Crippen molar-refractivity contribution in [2.24, 2.45) is 0 Å². The van der Waals surface area contributed by atoms with Gasteiger partial charge in [-0.2, -0.15) is 0 Å². The van der Waals surface area contributed by atoms with E-state index in [1.54, 1.807) is 30.3 Å². The maximum Gasteiger partial charge on any atom is 0.226 e. The van der Waals surface area contributed by atoms with Crippen molar-refractivity contribution < 1.29 is 9.21 Å². The first-order chi connectivity index (χ1) is 11.1. The van der Waals surface area contributed by atoms with Crippen molar-refractivity contribution in [3.8, 4) is 11.5 Å². The van der Waals surface area contributed by atoms with Gasteiger partial charge < -0.3 is 4.42 Å². The largest absolute Gasteiger partial charge is 0.441 e. The molecule has 0 aliphatic carbocycles. The van der Waals surface area contributed by atoms with E-state index in [9.17, 15) is 4.79 Å². The maximum atomic E-state index is 12.1. The normalized spacial score (nSPS) is 11.0. The summed E-state index contributed by atoms with van der Waals surface area (Å²) in [5, 5.41) is 0.658. The van der Waals surface area contributed by atoms with E-state index in [4.69, 9.17) is 16.0 Å². The Hall–Kier alpha value is -2.65. The lowest BCUT2D eigenvalue weighted by molar-refractivity contribution is 0.104. The van der Waals surface area contributed by atoms with Gasteiger partial charge in [0.15, 0.2) is 5.78 Å². The SMILES string of the molecule is Cc1oc(-c2ccc(Cl)cc2)nc1/C=C/C(=O)c1ccccc1. The molecule has 0 fully saturated rings. The fourth-order valence-electron chi connectivity index (χ4n) is 2.13. The summed E-state index contributed by atoms with van der Waals surface area (Å²) < 4.78 is 5.66. The van der Waals surface area contributed by atoms with Crippen molar-refractivity contribution in [3.05, 3.63) is 82.7 Å². The van der Waals surface area contributed by atoms with Crippen LogP contribution in [0.5, 0.6) is 0 Å². The van der Waals surface area contributed by atoms with E-state index < -0.39 is 0 Å². The van der Waals surface area contributed by atoms with Crippen LogP contribution >= 0.6 is 11.6 Å². The average Bonchev–Trinajstić information content (AvgIpc) is 2.95. The van der Waals surface area contributed by atoms with Crippen LogP contribution in [0.25, 0.3) is 17.5 Å². The van der Waals surface area contributed by atoms with Gasteiger partial charge in [-0.1, -0.05) is 41.9 Å². The first-order valence-corrected chi connectivity index (χ1v) is 7.52. The van der Waals surface area contributed by atoms with E-state index in [0.29, 0.717) is 27.9 Å². The Morgan fingerprint density at radius 2 is 1.78 bits per heavy atom. The van der Waals surface area contributed by atoms with E-state index in [1.807, 2.05) is 37.3 Å². The molecule has 1 aromatic heterocycles. The molecule has 3 nitrogen and oxygen atoms in total. The van der Waals surface area contributed by atoms with Gasteiger partial charge in [0.1, 0.15) is 11.5 Å². The molecule has 0 N–H and O–H groups in total. The van der Waals surface area contributed by atoms with Gasteiger partial charge in [0.25, 0.3) is 0 Å². The summed E-state index contributed by atoms with van der Waals surface area (Å²) in [6.45, 7) is 1.82. The van der Waals surface area contributed by atoms with Crippen LogP contribution in [0.1, 0.15) is 21.8 Å². The van der Waals surface area contributed by atoms with E-state index in [1.165, 1.54) is 6.08 Å². The molecule has 23 heavy (non-hydrogen) atoms. The molecule has 1 heterocycles. The second-order valence-corrected chi connectivity index (χ2v) is 5.47. The summed E-state index contributed by atoms with van der Waals surface area (Å²) in [5.41, 5.74) is 2.12. The molecule has 0 unspecified atom stereocenters. The summed E-state index contributed by atoms with van der Waals surface area (Å²) in [6, 6.07) is 16.4. The lowest BCUT2D eigenvalue weighted by atomic mass is 10.1. The fourth-order valence-corrected chi connectivity index (χ4v) is 2.26. The Morgan fingerprint density at radius 1 is 1.09 bits per heavy atom. The Morgan fingerprint density at radius 3 is 2.48 bits per heavy atom. The van der Waals surface area contributed by atoms with Crippen molar-refractivity contribution in [3.63, 3.8) is 0 Å². The predicted octanol–water partition coefficient (Wildman–Crippen LogP) is 5.20. The van der Waals surface area contributed by atoms with Gasteiger partial charge in [0.2, 0.25) is 5.89 Å². The van der Waals surface area contributed by atoms with Gasteiger partial charge in [-0.15, -0.1) is 0 Å². The lowest BCUT2D eigenvalue weighted by Gasteiger charge is -1.94. The molecule has 0 aliphatic heterocycles. The number of oxazole rings is 1. The number of ketones is 1. The minimum absolute atomic E-state index is 0.0685. The smallest absolute Gasteiger partial charge is 0.226 e. The molecular weight excluding hydrogens is 310 g/mol. The highest BCUT2D eigenvalue weighted by Crippen LogP contribution is 2.24. The second kappa shape index (κ2) is 6.63. The number of hydrogen-bond donors (Lipinski definition) is 0. The second-order valence-electron chi connectivity index (χ2n) is 5.03. The van der Waals surface area contributed by atoms with Crippen LogP contribution in [0.15, 0.2) is 65.1 Å². The number of carbonyl (C=O) groups is 1. The number of hydrogen-bond acceptors (Lipinski definition) is 3. The third-order valence-corrected chi connectivity index (χ3v) is 3.63. The molecular formula is C19H14ClNO2. The average molecular weight is 324 g/mol. The number of rotatable bonds is 4. The minimum Gasteiger partial charge on any atom is -0.441 e. The summed E-state index contributed by atoms with van der Waals surface area (Å²) in [4.78, 5) is 16.5. The van der Waals surface area contributed by atoms with Crippen molar-refractivity contribution in [2.45, 2.75) is 6.92 Å². The van der Waals surface area contributed by atoms with Crippen LogP contribution in [0.4, 0.5) is 0 Å². The Labute approximate surface area is 139 Å². The molecule has 0 amide bonds. The van der Waals surface area contributed by atoms with Gasteiger partial charge >= 0.3 is 0 Å². The quantitative estimate of drug-likeness (QED) is 0.489. The standard InChI is InChI=1S/C19H14ClNO2/c1-13-17(11-12-18(22)14-5-3-2-4-6-14)21-19(23-13)15-7-9-16(20)10-8-15/h2-12H,1H3/b12-11+. The summed E-state index contributed by atoms with van der Waals surface area (Å²) in [5.74, 6) is 1.10. The third-order valence-electron chi connectivity index (χ3n) is 3.37. The van der Waals surface area contributed by atoms with Crippen molar-refractivity contribution in [1.29, 1.82) is 0 Å². The van der Waals surface area contributed by atoms with Crippen LogP contribution in [0.2, 0.25) is 5.02 Å². The highest BCUT2D eigenvalue weighted by molar-refractivity contribution is 6.30. The fraction of sp³-hybridized carbons (Fsp3) is 0.0526. The van der Waals surface area contributed by atoms with Crippen LogP contribution in [0.3, 0.4) is 0 Å². The summed E-state index contributed by atoms with van der Waals surface area (Å²) in [6.07, 6.45) is 3.18. The highest BCUT2D eigenvalue weighted by atomic mass is 35.5.